The summed E-state index contributed by atoms with van der Waals surface area (Å²) in [5, 5.41) is 9.28. The van der Waals surface area contributed by atoms with Crippen LogP contribution in [0.15, 0.2) is 96.1 Å². The first-order chi connectivity index (χ1) is 17.9. The fourth-order valence-corrected chi connectivity index (χ4v) is 4.12. The van der Waals surface area contributed by atoms with Gasteiger partial charge in [0.2, 0.25) is 0 Å². The summed E-state index contributed by atoms with van der Waals surface area (Å²) in [5.41, 5.74) is 4.67. The third kappa shape index (κ3) is 6.54. The SMILES string of the molecule is CC(C)C(NC(=O)c1ccccc1Cl)C(=O)NN=Cc1c(OCc2ccccc2)ccc2ccccc12. The van der Waals surface area contributed by atoms with E-state index in [2.05, 4.69) is 15.8 Å². The van der Waals surface area contributed by atoms with Crippen molar-refractivity contribution in [3.63, 3.8) is 0 Å². The molecule has 0 saturated heterocycles. The number of benzene rings is 4. The van der Waals surface area contributed by atoms with Crippen LogP contribution in [-0.4, -0.2) is 24.1 Å². The van der Waals surface area contributed by atoms with E-state index in [1.54, 1.807) is 30.5 Å². The van der Waals surface area contributed by atoms with Crippen molar-refractivity contribution in [2.45, 2.75) is 26.5 Å². The van der Waals surface area contributed by atoms with Gasteiger partial charge < -0.3 is 10.1 Å². The van der Waals surface area contributed by atoms with Crippen LogP contribution in [0.3, 0.4) is 0 Å². The predicted molar refractivity (Wildman–Crippen MR) is 148 cm³/mol. The van der Waals surface area contributed by atoms with E-state index in [-0.39, 0.29) is 5.92 Å². The summed E-state index contributed by atoms with van der Waals surface area (Å²) in [6.45, 7) is 4.10. The van der Waals surface area contributed by atoms with Crippen LogP contribution in [0.1, 0.15) is 35.3 Å². The average Bonchev–Trinajstić information content (AvgIpc) is 2.91. The highest BCUT2D eigenvalue weighted by atomic mass is 35.5. The molecule has 0 heterocycles. The molecule has 6 nitrogen and oxygen atoms in total. The number of fused-ring (bicyclic) bond motifs is 1. The van der Waals surface area contributed by atoms with Crippen molar-refractivity contribution >= 4 is 40.4 Å². The van der Waals surface area contributed by atoms with Crippen LogP contribution < -0.4 is 15.5 Å². The van der Waals surface area contributed by atoms with Gasteiger partial charge in [0.25, 0.3) is 11.8 Å². The van der Waals surface area contributed by atoms with E-state index < -0.39 is 17.9 Å². The Hall–Kier alpha value is -4.16. The van der Waals surface area contributed by atoms with Gasteiger partial charge in [-0.1, -0.05) is 98.2 Å². The second-order valence-electron chi connectivity index (χ2n) is 8.88. The molecule has 0 aliphatic carbocycles. The summed E-state index contributed by atoms with van der Waals surface area (Å²) in [4.78, 5) is 25.7. The lowest BCUT2D eigenvalue weighted by Gasteiger charge is -2.20. The van der Waals surface area contributed by atoms with E-state index in [0.29, 0.717) is 22.9 Å². The Balaban J connectivity index is 1.52. The lowest BCUT2D eigenvalue weighted by Crippen LogP contribution is -2.48. The Bertz CT molecular complexity index is 1420. The van der Waals surface area contributed by atoms with Crippen molar-refractivity contribution in [1.82, 2.24) is 10.7 Å². The predicted octanol–water partition coefficient (Wildman–Crippen LogP) is 5.98. The number of hydrogen-bond donors (Lipinski definition) is 2. The molecule has 4 aromatic rings. The highest BCUT2D eigenvalue weighted by molar-refractivity contribution is 6.33. The standard InChI is InChI=1S/C30H28ClN3O3/c1-20(2)28(33-29(35)24-14-8-9-15-26(24)31)30(36)34-32-18-25-23-13-7-6-12-22(23)16-17-27(25)37-19-21-10-4-3-5-11-21/h3-18,20,28H,19H2,1-2H3,(H,33,35)(H,34,36). The van der Waals surface area contributed by atoms with Crippen molar-refractivity contribution in [2.24, 2.45) is 11.0 Å². The first kappa shape index (κ1) is 25.9. The Morgan fingerprint density at radius 1 is 0.919 bits per heavy atom. The highest BCUT2D eigenvalue weighted by Gasteiger charge is 2.25. The van der Waals surface area contributed by atoms with Gasteiger partial charge in [0.05, 0.1) is 16.8 Å². The summed E-state index contributed by atoms with van der Waals surface area (Å²) in [6.07, 6.45) is 1.58. The number of carbonyl (C=O) groups is 2. The van der Waals surface area contributed by atoms with Gasteiger partial charge in [0.1, 0.15) is 18.4 Å². The summed E-state index contributed by atoms with van der Waals surface area (Å²) in [6, 6.07) is 27.6. The zero-order chi connectivity index (χ0) is 26.2. The molecule has 188 valence electrons. The van der Waals surface area contributed by atoms with E-state index in [1.807, 2.05) is 80.6 Å². The number of halogens is 1. The molecule has 2 N–H and O–H groups in total. The monoisotopic (exact) mass is 513 g/mol. The molecule has 0 radical (unpaired) electrons. The number of nitrogens with zero attached hydrogens (tertiary/aromatic N) is 1. The number of carbonyl (C=O) groups excluding carboxylic acids is 2. The zero-order valence-corrected chi connectivity index (χ0v) is 21.4. The summed E-state index contributed by atoms with van der Waals surface area (Å²) >= 11 is 6.14. The van der Waals surface area contributed by atoms with Crippen LogP contribution in [0.25, 0.3) is 10.8 Å². The van der Waals surface area contributed by atoms with Crippen molar-refractivity contribution < 1.29 is 14.3 Å². The smallest absolute Gasteiger partial charge is 0.262 e. The zero-order valence-electron chi connectivity index (χ0n) is 20.6. The summed E-state index contributed by atoms with van der Waals surface area (Å²) in [7, 11) is 0. The van der Waals surface area contributed by atoms with Gasteiger partial charge in [-0.05, 0) is 40.5 Å². The molecule has 7 heteroatoms. The molecule has 2 amide bonds. The van der Waals surface area contributed by atoms with Crippen LogP contribution >= 0.6 is 11.6 Å². The Morgan fingerprint density at radius 3 is 2.38 bits per heavy atom. The molecule has 0 aliphatic rings. The third-order valence-corrected chi connectivity index (χ3v) is 6.22. The third-order valence-electron chi connectivity index (χ3n) is 5.89. The maximum atomic E-state index is 13.0. The number of hydrogen-bond acceptors (Lipinski definition) is 4. The van der Waals surface area contributed by atoms with Gasteiger partial charge in [-0.3, -0.25) is 9.59 Å². The van der Waals surface area contributed by atoms with Crippen molar-refractivity contribution in [2.75, 3.05) is 0 Å². The second-order valence-corrected chi connectivity index (χ2v) is 9.29. The number of ether oxygens (including phenoxy) is 1. The van der Waals surface area contributed by atoms with Gasteiger partial charge >= 0.3 is 0 Å². The van der Waals surface area contributed by atoms with Crippen LogP contribution in [0, 0.1) is 5.92 Å². The molecule has 37 heavy (non-hydrogen) atoms. The van der Waals surface area contributed by atoms with E-state index in [9.17, 15) is 9.59 Å². The Kier molecular flexibility index (Phi) is 8.54. The molecule has 0 spiro atoms. The van der Waals surface area contributed by atoms with E-state index >= 15 is 0 Å². The Labute approximate surface area is 221 Å². The van der Waals surface area contributed by atoms with E-state index in [0.717, 1.165) is 21.9 Å². The normalized spacial score (nSPS) is 12.0. The molecule has 1 atom stereocenters. The number of nitrogens with one attached hydrogen (secondary N) is 2. The molecule has 0 aromatic heterocycles. The van der Waals surface area contributed by atoms with Gasteiger partial charge in [0, 0.05) is 5.56 Å². The maximum absolute atomic E-state index is 13.0. The second kappa shape index (κ2) is 12.2. The van der Waals surface area contributed by atoms with E-state index in [4.69, 9.17) is 16.3 Å². The van der Waals surface area contributed by atoms with Crippen LogP contribution in [-0.2, 0) is 11.4 Å². The molecule has 0 saturated carbocycles. The minimum absolute atomic E-state index is 0.177. The highest BCUT2D eigenvalue weighted by Crippen LogP contribution is 2.27. The number of amides is 2. The number of rotatable bonds is 9. The first-order valence-electron chi connectivity index (χ1n) is 12.0. The molecule has 1 unspecified atom stereocenters. The van der Waals surface area contributed by atoms with Crippen molar-refractivity contribution in [1.29, 1.82) is 0 Å². The fourth-order valence-electron chi connectivity index (χ4n) is 3.90. The lowest BCUT2D eigenvalue weighted by atomic mass is 10.0. The first-order valence-corrected chi connectivity index (χ1v) is 12.4. The topological polar surface area (TPSA) is 79.8 Å². The molecular weight excluding hydrogens is 486 g/mol. The lowest BCUT2D eigenvalue weighted by molar-refractivity contribution is -0.123. The molecule has 4 aromatic carbocycles. The van der Waals surface area contributed by atoms with Crippen molar-refractivity contribution in [3.05, 3.63) is 113 Å². The average molecular weight is 514 g/mol. The molecule has 0 aliphatic heterocycles. The van der Waals surface area contributed by atoms with Crippen LogP contribution in [0.4, 0.5) is 0 Å². The summed E-state index contributed by atoms with van der Waals surface area (Å²) in [5.74, 6) is -0.385. The Morgan fingerprint density at radius 2 is 1.62 bits per heavy atom. The molecular formula is C30H28ClN3O3. The van der Waals surface area contributed by atoms with Crippen LogP contribution in [0.2, 0.25) is 5.02 Å². The fraction of sp³-hybridized carbons (Fsp3) is 0.167. The molecule has 0 fully saturated rings. The summed E-state index contributed by atoms with van der Waals surface area (Å²) < 4.78 is 6.11. The minimum atomic E-state index is -0.803. The van der Waals surface area contributed by atoms with E-state index in [1.165, 1.54) is 0 Å². The van der Waals surface area contributed by atoms with Gasteiger partial charge in [-0.15, -0.1) is 0 Å². The largest absolute Gasteiger partial charge is 0.488 e. The quantitative estimate of drug-likeness (QED) is 0.213. The molecule has 0 bridgehead atoms. The van der Waals surface area contributed by atoms with Gasteiger partial charge in [-0.25, -0.2) is 5.43 Å². The van der Waals surface area contributed by atoms with Crippen LogP contribution in [0.5, 0.6) is 5.75 Å². The van der Waals surface area contributed by atoms with Gasteiger partial charge in [-0.2, -0.15) is 5.10 Å². The minimum Gasteiger partial charge on any atom is -0.488 e. The van der Waals surface area contributed by atoms with Crippen molar-refractivity contribution in [3.8, 4) is 5.75 Å². The number of hydrazone groups is 1. The molecule has 4 rings (SSSR count). The van der Waals surface area contributed by atoms with Gasteiger partial charge in [0.15, 0.2) is 0 Å². The maximum Gasteiger partial charge on any atom is 0.262 e.